The molecule has 1 atom stereocenters. The highest BCUT2D eigenvalue weighted by Gasteiger charge is 2.32. The predicted molar refractivity (Wildman–Crippen MR) is 72.3 cm³/mol. The molecule has 0 aromatic carbocycles. The smallest absolute Gasteiger partial charge is 0.203 e. The van der Waals surface area contributed by atoms with Crippen molar-refractivity contribution in [3.8, 4) is 0 Å². The highest BCUT2D eigenvalue weighted by atomic mass is 15.2. The van der Waals surface area contributed by atoms with E-state index in [4.69, 9.17) is 0 Å². The fraction of sp³-hybridized carbons (Fsp3) is 0.786. The van der Waals surface area contributed by atoms with Gasteiger partial charge >= 0.3 is 0 Å². The van der Waals surface area contributed by atoms with Crippen LogP contribution in [0.25, 0.3) is 0 Å². The molecule has 96 valence electrons. The molecule has 1 N–H and O–H groups in total. The van der Waals surface area contributed by atoms with Crippen LogP contribution in [0.1, 0.15) is 52.1 Å². The Hall–Kier alpha value is -0.990. The molecule has 1 unspecified atom stereocenters. The van der Waals surface area contributed by atoms with E-state index in [-0.39, 0.29) is 0 Å². The topological polar surface area (TPSA) is 29.9 Å². The van der Waals surface area contributed by atoms with E-state index in [1.165, 1.54) is 25.7 Å². The van der Waals surface area contributed by atoms with Crippen LogP contribution in [-0.4, -0.2) is 15.6 Å². The van der Waals surface area contributed by atoms with Crippen LogP contribution >= 0.6 is 0 Å². The number of hydrogen-bond acceptors (Lipinski definition) is 2. The van der Waals surface area contributed by atoms with E-state index >= 15 is 0 Å². The van der Waals surface area contributed by atoms with E-state index < -0.39 is 0 Å². The molecule has 1 fully saturated rings. The summed E-state index contributed by atoms with van der Waals surface area (Å²) in [7, 11) is 0. The first-order chi connectivity index (χ1) is 8.03. The van der Waals surface area contributed by atoms with Crippen molar-refractivity contribution in [3.05, 3.63) is 11.9 Å². The van der Waals surface area contributed by atoms with Gasteiger partial charge in [-0.05, 0) is 32.1 Å². The fourth-order valence-electron chi connectivity index (χ4n) is 2.82. The average molecular weight is 235 g/mol. The zero-order valence-corrected chi connectivity index (χ0v) is 11.6. The Balaban J connectivity index is 2.13. The number of hydrogen-bond donors (Lipinski definition) is 1. The second-order valence-electron chi connectivity index (χ2n) is 5.92. The molecule has 3 nitrogen and oxygen atoms in total. The summed E-state index contributed by atoms with van der Waals surface area (Å²) in [4.78, 5) is 4.59. The zero-order valence-electron chi connectivity index (χ0n) is 11.6. The SMILES string of the molecule is CCn1cc(C)nc1NC1CCCCC1(C)C. The van der Waals surface area contributed by atoms with Crippen molar-refractivity contribution in [2.24, 2.45) is 5.41 Å². The summed E-state index contributed by atoms with van der Waals surface area (Å²) in [5, 5.41) is 3.66. The van der Waals surface area contributed by atoms with E-state index in [0.717, 1.165) is 18.2 Å². The average Bonchev–Trinajstić information content (AvgIpc) is 2.62. The van der Waals surface area contributed by atoms with Gasteiger partial charge < -0.3 is 9.88 Å². The van der Waals surface area contributed by atoms with Crippen molar-refractivity contribution in [2.75, 3.05) is 5.32 Å². The van der Waals surface area contributed by atoms with Crippen LogP contribution < -0.4 is 5.32 Å². The molecule has 1 aromatic heterocycles. The minimum Gasteiger partial charge on any atom is -0.352 e. The van der Waals surface area contributed by atoms with Crippen LogP contribution in [0, 0.1) is 12.3 Å². The summed E-state index contributed by atoms with van der Waals surface area (Å²) < 4.78 is 2.21. The minimum atomic E-state index is 0.386. The zero-order chi connectivity index (χ0) is 12.5. The van der Waals surface area contributed by atoms with Gasteiger partial charge in [-0.25, -0.2) is 4.98 Å². The molecule has 0 bridgehead atoms. The van der Waals surface area contributed by atoms with Gasteiger partial charge in [-0.3, -0.25) is 0 Å². The van der Waals surface area contributed by atoms with Gasteiger partial charge in [0.1, 0.15) is 0 Å². The molecule has 0 radical (unpaired) electrons. The van der Waals surface area contributed by atoms with Crippen LogP contribution in [0.3, 0.4) is 0 Å². The van der Waals surface area contributed by atoms with Gasteiger partial charge in [0.15, 0.2) is 0 Å². The lowest BCUT2D eigenvalue weighted by Crippen LogP contribution is -2.39. The number of aryl methyl sites for hydroxylation is 2. The number of anilines is 1. The minimum absolute atomic E-state index is 0.386. The summed E-state index contributed by atoms with van der Waals surface area (Å²) in [6, 6.07) is 0.559. The number of aromatic nitrogens is 2. The van der Waals surface area contributed by atoms with Crippen LogP contribution in [0.4, 0.5) is 5.95 Å². The maximum atomic E-state index is 4.59. The first kappa shape index (κ1) is 12.5. The van der Waals surface area contributed by atoms with Crippen molar-refractivity contribution in [1.82, 2.24) is 9.55 Å². The Kier molecular flexibility index (Phi) is 3.45. The Morgan fingerprint density at radius 2 is 2.24 bits per heavy atom. The lowest BCUT2D eigenvalue weighted by molar-refractivity contribution is 0.216. The highest BCUT2D eigenvalue weighted by Crippen LogP contribution is 2.37. The molecule has 1 aliphatic rings. The Morgan fingerprint density at radius 3 is 2.88 bits per heavy atom. The fourth-order valence-corrected chi connectivity index (χ4v) is 2.82. The molecular weight excluding hydrogens is 210 g/mol. The lowest BCUT2D eigenvalue weighted by Gasteiger charge is -2.39. The summed E-state index contributed by atoms with van der Waals surface area (Å²) in [5.74, 6) is 1.05. The van der Waals surface area contributed by atoms with Gasteiger partial charge in [-0.2, -0.15) is 0 Å². The molecule has 0 aliphatic heterocycles. The number of nitrogens with one attached hydrogen (secondary N) is 1. The molecule has 1 aliphatic carbocycles. The largest absolute Gasteiger partial charge is 0.352 e. The Bertz CT molecular complexity index is 379. The van der Waals surface area contributed by atoms with Crippen LogP contribution in [0.2, 0.25) is 0 Å². The van der Waals surface area contributed by atoms with E-state index in [1.54, 1.807) is 0 Å². The van der Waals surface area contributed by atoms with Gasteiger partial charge in [0.05, 0.1) is 5.69 Å². The Labute approximate surface area is 105 Å². The standard InChI is InChI=1S/C14H25N3/c1-5-17-10-11(2)15-13(17)16-12-8-6-7-9-14(12,3)4/h10,12H,5-9H2,1-4H3,(H,15,16). The van der Waals surface area contributed by atoms with Crippen molar-refractivity contribution in [3.63, 3.8) is 0 Å². The van der Waals surface area contributed by atoms with E-state index in [2.05, 4.69) is 48.8 Å². The third-order valence-corrected chi connectivity index (χ3v) is 4.05. The quantitative estimate of drug-likeness (QED) is 0.867. The van der Waals surface area contributed by atoms with E-state index in [9.17, 15) is 0 Å². The van der Waals surface area contributed by atoms with Crippen molar-refractivity contribution in [1.29, 1.82) is 0 Å². The third kappa shape index (κ3) is 2.64. The Morgan fingerprint density at radius 1 is 1.47 bits per heavy atom. The van der Waals surface area contributed by atoms with Crippen molar-refractivity contribution >= 4 is 5.95 Å². The monoisotopic (exact) mass is 235 g/mol. The third-order valence-electron chi connectivity index (χ3n) is 4.05. The summed E-state index contributed by atoms with van der Waals surface area (Å²) >= 11 is 0. The molecule has 1 heterocycles. The van der Waals surface area contributed by atoms with Gasteiger partial charge in [-0.1, -0.05) is 26.7 Å². The number of nitrogens with zero attached hydrogens (tertiary/aromatic N) is 2. The molecule has 2 rings (SSSR count). The maximum absolute atomic E-state index is 4.59. The second-order valence-corrected chi connectivity index (χ2v) is 5.92. The normalized spacial score (nSPS) is 23.6. The predicted octanol–water partition coefficient (Wildman–Crippen LogP) is 3.59. The molecule has 0 amide bonds. The molecular formula is C14H25N3. The number of imidazole rings is 1. The van der Waals surface area contributed by atoms with Crippen LogP contribution in [0.15, 0.2) is 6.20 Å². The number of rotatable bonds is 3. The molecule has 17 heavy (non-hydrogen) atoms. The first-order valence-corrected chi connectivity index (χ1v) is 6.83. The molecule has 1 saturated carbocycles. The summed E-state index contributed by atoms with van der Waals surface area (Å²) in [6.07, 6.45) is 7.41. The molecule has 1 aromatic rings. The molecule has 0 saturated heterocycles. The van der Waals surface area contributed by atoms with E-state index in [1.807, 2.05) is 0 Å². The summed E-state index contributed by atoms with van der Waals surface area (Å²) in [5.41, 5.74) is 1.49. The first-order valence-electron chi connectivity index (χ1n) is 6.83. The van der Waals surface area contributed by atoms with Crippen LogP contribution in [0.5, 0.6) is 0 Å². The van der Waals surface area contributed by atoms with Gasteiger partial charge in [0.2, 0.25) is 5.95 Å². The second kappa shape index (κ2) is 4.71. The van der Waals surface area contributed by atoms with Crippen molar-refractivity contribution in [2.45, 2.75) is 66.0 Å². The maximum Gasteiger partial charge on any atom is 0.203 e. The lowest BCUT2D eigenvalue weighted by atomic mass is 9.73. The van der Waals surface area contributed by atoms with Crippen molar-refractivity contribution < 1.29 is 0 Å². The van der Waals surface area contributed by atoms with Gasteiger partial charge in [-0.15, -0.1) is 0 Å². The molecule has 3 heteroatoms. The summed E-state index contributed by atoms with van der Waals surface area (Å²) in [6.45, 7) is 9.95. The highest BCUT2D eigenvalue weighted by molar-refractivity contribution is 5.31. The van der Waals surface area contributed by atoms with Crippen LogP contribution in [-0.2, 0) is 6.54 Å². The van der Waals surface area contributed by atoms with Gasteiger partial charge in [0.25, 0.3) is 0 Å². The van der Waals surface area contributed by atoms with Gasteiger partial charge in [0, 0.05) is 18.8 Å². The molecule has 0 spiro atoms. The van der Waals surface area contributed by atoms with E-state index in [0.29, 0.717) is 11.5 Å².